The summed E-state index contributed by atoms with van der Waals surface area (Å²) >= 11 is 0. The van der Waals surface area contributed by atoms with E-state index >= 15 is 0 Å². The number of aromatic nitrogens is 1. The van der Waals surface area contributed by atoms with E-state index in [1.807, 2.05) is 36.5 Å². The number of fused-ring (bicyclic) bond motifs is 1. The zero-order chi connectivity index (χ0) is 12.8. The molecule has 1 aromatic heterocycles. The Kier molecular flexibility index (Phi) is 4.26. The quantitative estimate of drug-likeness (QED) is 0.777. The van der Waals surface area contributed by atoms with Gasteiger partial charge < -0.3 is 5.32 Å². The first-order valence-electron chi connectivity index (χ1n) is 6.15. The van der Waals surface area contributed by atoms with Gasteiger partial charge in [-0.1, -0.05) is 30.4 Å². The maximum absolute atomic E-state index is 4.49. The molecule has 1 heterocycles. The van der Waals surface area contributed by atoms with Gasteiger partial charge >= 0.3 is 0 Å². The Bertz CT molecular complexity index is 546. The summed E-state index contributed by atoms with van der Waals surface area (Å²) in [5, 5.41) is 4.59. The standard InChI is InChI=1S/C16H18N2/c1-3-7-15(17-10-4-2)14-11-13-8-5-6-9-16(13)18-12-14/h3-6,8-9,11-12,15,17H,1-2,7,10H2. The van der Waals surface area contributed by atoms with E-state index in [1.54, 1.807) is 0 Å². The Morgan fingerprint density at radius 3 is 2.83 bits per heavy atom. The van der Waals surface area contributed by atoms with Gasteiger partial charge in [0.15, 0.2) is 0 Å². The van der Waals surface area contributed by atoms with Gasteiger partial charge in [-0.25, -0.2) is 0 Å². The van der Waals surface area contributed by atoms with Crippen LogP contribution in [0, 0.1) is 0 Å². The summed E-state index contributed by atoms with van der Waals surface area (Å²) in [7, 11) is 0. The van der Waals surface area contributed by atoms with E-state index in [0.29, 0.717) is 0 Å². The molecule has 1 aromatic carbocycles. The molecule has 2 rings (SSSR count). The molecule has 0 amide bonds. The van der Waals surface area contributed by atoms with Crippen molar-refractivity contribution < 1.29 is 0 Å². The monoisotopic (exact) mass is 238 g/mol. The highest BCUT2D eigenvalue weighted by atomic mass is 14.9. The van der Waals surface area contributed by atoms with E-state index in [2.05, 4.69) is 35.6 Å². The SMILES string of the molecule is C=CCNC(CC=C)c1cnc2ccccc2c1. The van der Waals surface area contributed by atoms with Crippen LogP contribution in [0.1, 0.15) is 18.0 Å². The molecule has 0 aliphatic heterocycles. The average Bonchev–Trinajstić information content (AvgIpc) is 2.43. The summed E-state index contributed by atoms with van der Waals surface area (Å²) < 4.78 is 0. The molecule has 0 spiro atoms. The smallest absolute Gasteiger partial charge is 0.0702 e. The number of nitrogens with zero attached hydrogens (tertiary/aromatic N) is 1. The number of nitrogens with one attached hydrogen (secondary N) is 1. The van der Waals surface area contributed by atoms with Crippen LogP contribution in [0.5, 0.6) is 0 Å². The minimum Gasteiger partial charge on any atom is -0.306 e. The lowest BCUT2D eigenvalue weighted by atomic mass is 10.0. The van der Waals surface area contributed by atoms with Gasteiger partial charge in [0, 0.05) is 24.2 Å². The number of hydrogen-bond donors (Lipinski definition) is 1. The van der Waals surface area contributed by atoms with E-state index in [-0.39, 0.29) is 6.04 Å². The third-order valence-corrected chi connectivity index (χ3v) is 2.92. The van der Waals surface area contributed by atoms with Crippen molar-refractivity contribution in [1.82, 2.24) is 10.3 Å². The first kappa shape index (κ1) is 12.5. The molecule has 0 aliphatic rings. The lowest BCUT2D eigenvalue weighted by Crippen LogP contribution is -2.20. The molecule has 2 heteroatoms. The van der Waals surface area contributed by atoms with Gasteiger partial charge in [0.25, 0.3) is 0 Å². The van der Waals surface area contributed by atoms with Crippen molar-refractivity contribution in [3.05, 3.63) is 67.4 Å². The second-order valence-corrected chi connectivity index (χ2v) is 4.24. The third-order valence-electron chi connectivity index (χ3n) is 2.92. The van der Waals surface area contributed by atoms with E-state index < -0.39 is 0 Å². The van der Waals surface area contributed by atoms with E-state index in [4.69, 9.17) is 0 Å². The summed E-state index contributed by atoms with van der Waals surface area (Å²) in [6.45, 7) is 8.33. The molecule has 1 atom stereocenters. The summed E-state index contributed by atoms with van der Waals surface area (Å²) in [5.74, 6) is 0. The minimum absolute atomic E-state index is 0.248. The number of rotatable bonds is 6. The Balaban J connectivity index is 2.31. The maximum Gasteiger partial charge on any atom is 0.0702 e. The summed E-state index contributed by atoms with van der Waals surface area (Å²) in [6, 6.07) is 10.6. The van der Waals surface area contributed by atoms with Crippen molar-refractivity contribution in [2.45, 2.75) is 12.5 Å². The Morgan fingerprint density at radius 2 is 2.06 bits per heavy atom. The molecule has 1 N–H and O–H groups in total. The molecule has 0 radical (unpaired) electrons. The zero-order valence-electron chi connectivity index (χ0n) is 10.5. The molecular weight excluding hydrogens is 220 g/mol. The van der Waals surface area contributed by atoms with Gasteiger partial charge in [0.05, 0.1) is 5.52 Å². The summed E-state index contributed by atoms with van der Waals surface area (Å²) in [4.78, 5) is 4.49. The number of benzene rings is 1. The van der Waals surface area contributed by atoms with Crippen molar-refractivity contribution >= 4 is 10.9 Å². The van der Waals surface area contributed by atoms with Crippen molar-refractivity contribution in [2.24, 2.45) is 0 Å². The molecule has 2 aromatic rings. The van der Waals surface area contributed by atoms with E-state index in [1.165, 1.54) is 10.9 Å². The first-order valence-corrected chi connectivity index (χ1v) is 6.15. The molecule has 0 saturated heterocycles. The lowest BCUT2D eigenvalue weighted by Gasteiger charge is -2.16. The molecule has 0 aliphatic carbocycles. The molecule has 0 bridgehead atoms. The number of hydrogen-bond acceptors (Lipinski definition) is 2. The fourth-order valence-electron chi connectivity index (χ4n) is 2.01. The van der Waals surface area contributed by atoms with Crippen LogP contribution in [0.4, 0.5) is 0 Å². The fraction of sp³-hybridized carbons (Fsp3) is 0.188. The summed E-state index contributed by atoms with van der Waals surface area (Å²) in [6.07, 6.45) is 6.61. The van der Waals surface area contributed by atoms with Crippen LogP contribution in [0.15, 0.2) is 61.8 Å². The van der Waals surface area contributed by atoms with Gasteiger partial charge in [-0.15, -0.1) is 13.2 Å². The largest absolute Gasteiger partial charge is 0.306 e. The Labute approximate surface area is 108 Å². The average molecular weight is 238 g/mol. The second-order valence-electron chi connectivity index (χ2n) is 4.24. The fourth-order valence-corrected chi connectivity index (χ4v) is 2.01. The van der Waals surface area contributed by atoms with E-state index in [9.17, 15) is 0 Å². The molecule has 2 nitrogen and oxygen atoms in total. The maximum atomic E-state index is 4.49. The topological polar surface area (TPSA) is 24.9 Å². The highest BCUT2D eigenvalue weighted by Gasteiger charge is 2.09. The van der Waals surface area contributed by atoms with Gasteiger partial charge in [0.2, 0.25) is 0 Å². The van der Waals surface area contributed by atoms with Crippen molar-refractivity contribution in [3.8, 4) is 0 Å². The van der Waals surface area contributed by atoms with Gasteiger partial charge in [-0.3, -0.25) is 4.98 Å². The normalized spacial score (nSPS) is 12.2. The predicted molar refractivity (Wildman–Crippen MR) is 77.5 cm³/mol. The second kappa shape index (κ2) is 6.12. The molecule has 0 saturated carbocycles. The van der Waals surface area contributed by atoms with Gasteiger partial charge in [0.1, 0.15) is 0 Å². The highest BCUT2D eigenvalue weighted by molar-refractivity contribution is 5.78. The predicted octanol–water partition coefficient (Wildman–Crippen LogP) is 3.63. The van der Waals surface area contributed by atoms with Crippen LogP contribution < -0.4 is 5.32 Å². The van der Waals surface area contributed by atoms with Crippen molar-refractivity contribution in [1.29, 1.82) is 0 Å². The van der Waals surface area contributed by atoms with Crippen LogP contribution in [-0.2, 0) is 0 Å². The van der Waals surface area contributed by atoms with Crippen molar-refractivity contribution in [3.63, 3.8) is 0 Å². The van der Waals surface area contributed by atoms with Crippen LogP contribution in [-0.4, -0.2) is 11.5 Å². The highest BCUT2D eigenvalue weighted by Crippen LogP contribution is 2.20. The minimum atomic E-state index is 0.248. The Morgan fingerprint density at radius 1 is 1.22 bits per heavy atom. The number of para-hydroxylation sites is 1. The van der Waals surface area contributed by atoms with Crippen LogP contribution in [0.3, 0.4) is 0 Å². The molecule has 18 heavy (non-hydrogen) atoms. The Hall–Kier alpha value is -1.93. The van der Waals surface area contributed by atoms with Crippen molar-refractivity contribution in [2.75, 3.05) is 6.54 Å². The third kappa shape index (κ3) is 2.84. The van der Waals surface area contributed by atoms with Gasteiger partial charge in [-0.05, 0) is 24.1 Å². The molecule has 0 fully saturated rings. The van der Waals surface area contributed by atoms with Crippen LogP contribution in [0.25, 0.3) is 10.9 Å². The van der Waals surface area contributed by atoms with Crippen LogP contribution >= 0.6 is 0 Å². The van der Waals surface area contributed by atoms with Gasteiger partial charge in [-0.2, -0.15) is 0 Å². The zero-order valence-corrected chi connectivity index (χ0v) is 10.5. The lowest BCUT2D eigenvalue weighted by molar-refractivity contribution is 0.574. The molecule has 92 valence electrons. The molecule has 1 unspecified atom stereocenters. The summed E-state index contributed by atoms with van der Waals surface area (Å²) in [5.41, 5.74) is 2.22. The number of pyridine rings is 1. The van der Waals surface area contributed by atoms with E-state index in [0.717, 1.165) is 18.5 Å². The first-order chi connectivity index (χ1) is 8.85. The molecular formula is C16H18N2. The van der Waals surface area contributed by atoms with Crippen LogP contribution in [0.2, 0.25) is 0 Å².